The highest BCUT2D eigenvalue weighted by Gasteiger charge is 2.20. The molecule has 1 amide bonds. The van der Waals surface area contributed by atoms with Gasteiger partial charge in [0.2, 0.25) is 0 Å². The molecule has 0 aliphatic heterocycles. The van der Waals surface area contributed by atoms with Crippen molar-refractivity contribution in [3.8, 4) is 17.0 Å². The molecule has 4 aromatic rings. The summed E-state index contributed by atoms with van der Waals surface area (Å²) in [7, 11) is -3.37. The molecular formula is C22H20N4O4S. The van der Waals surface area contributed by atoms with Crippen LogP contribution in [-0.2, 0) is 9.84 Å². The van der Waals surface area contributed by atoms with E-state index in [1.165, 1.54) is 12.3 Å². The van der Waals surface area contributed by atoms with E-state index in [9.17, 15) is 18.3 Å². The highest BCUT2D eigenvalue weighted by Crippen LogP contribution is 2.26. The summed E-state index contributed by atoms with van der Waals surface area (Å²) in [5.41, 5.74) is 2.52. The van der Waals surface area contributed by atoms with Crippen molar-refractivity contribution in [2.24, 2.45) is 0 Å². The third-order valence-corrected chi connectivity index (χ3v) is 7.05. The number of sulfone groups is 1. The molecular weight excluding hydrogens is 416 g/mol. The fourth-order valence-corrected chi connectivity index (χ4v) is 4.12. The van der Waals surface area contributed by atoms with Crippen LogP contribution in [0.5, 0.6) is 5.75 Å². The number of hydrogen-bond donors (Lipinski definition) is 3. The third-order valence-electron chi connectivity index (χ3n) is 4.88. The van der Waals surface area contributed by atoms with Crippen molar-refractivity contribution >= 4 is 32.6 Å². The van der Waals surface area contributed by atoms with Crippen LogP contribution in [0.4, 0.5) is 5.69 Å². The van der Waals surface area contributed by atoms with Crippen molar-refractivity contribution in [1.82, 2.24) is 15.0 Å². The van der Waals surface area contributed by atoms with Gasteiger partial charge in [-0.15, -0.1) is 0 Å². The molecule has 0 saturated heterocycles. The second-order valence-corrected chi connectivity index (χ2v) is 9.75. The zero-order valence-corrected chi connectivity index (χ0v) is 17.6. The summed E-state index contributed by atoms with van der Waals surface area (Å²) >= 11 is 0. The topological polar surface area (TPSA) is 125 Å². The summed E-state index contributed by atoms with van der Waals surface area (Å²) in [6.45, 7) is 3.27. The van der Waals surface area contributed by atoms with Gasteiger partial charge in [0.05, 0.1) is 33.3 Å². The van der Waals surface area contributed by atoms with E-state index >= 15 is 0 Å². The van der Waals surface area contributed by atoms with Crippen LogP contribution in [0.15, 0.2) is 65.8 Å². The molecule has 4 rings (SSSR count). The molecule has 31 heavy (non-hydrogen) atoms. The van der Waals surface area contributed by atoms with Gasteiger partial charge in [-0.2, -0.15) is 0 Å². The summed E-state index contributed by atoms with van der Waals surface area (Å²) in [4.78, 5) is 24.8. The van der Waals surface area contributed by atoms with Gasteiger partial charge >= 0.3 is 0 Å². The number of phenols is 1. The molecule has 0 bridgehead atoms. The minimum Gasteiger partial charge on any atom is -0.506 e. The summed E-state index contributed by atoms with van der Waals surface area (Å²) in [6.07, 6.45) is 3.05. The minimum atomic E-state index is -3.37. The molecule has 0 aliphatic carbocycles. The first-order valence-electron chi connectivity index (χ1n) is 9.55. The van der Waals surface area contributed by atoms with E-state index < -0.39 is 21.0 Å². The zero-order chi connectivity index (χ0) is 22.2. The van der Waals surface area contributed by atoms with Crippen LogP contribution < -0.4 is 5.32 Å². The molecule has 9 heteroatoms. The van der Waals surface area contributed by atoms with Crippen molar-refractivity contribution in [3.63, 3.8) is 0 Å². The second-order valence-electron chi connectivity index (χ2n) is 7.24. The summed E-state index contributed by atoms with van der Waals surface area (Å²) in [5, 5.41) is 12.0. The predicted molar refractivity (Wildman–Crippen MR) is 118 cm³/mol. The number of para-hydroxylation sites is 2. The van der Waals surface area contributed by atoms with Crippen LogP contribution in [0.3, 0.4) is 0 Å². The number of nitrogens with zero attached hydrogens (tertiary/aromatic N) is 2. The monoisotopic (exact) mass is 436 g/mol. The van der Waals surface area contributed by atoms with Gasteiger partial charge in [-0.25, -0.2) is 18.4 Å². The number of aromatic nitrogens is 3. The van der Waals surface area contributed by atoms with Gasteiger partial charge in [0.1, 0.15) is 11.3 Å². The van der Waals surface area contributed by atoms with Gasteiger partial charge in [-0.05, 0) is 38.1 Å². The molecule has 0 aliphatic rings. The van der Waals surface area contributed by atoms with Gasteiger partial charge in [0.25, 0.3) is 5.91 Å². The van der Waals surface area contributed by atoms with E-state index in [2.05, 4.69) is 20.3 Å². The Balaban J connectivity index is 1.67. The van der Waals surface area contributed by atoms with Crippen molar-refractivity contribution in [3.05, 3.63) is 66.5 Å². The number of phenolic OH excluding ortho intramolecular Hbond substituents is 1. The van der Waals surface area contributed by atoms with Crippen molar-refractivity contribution < 1.29 is 18.3 Å². The molecule has 3 N–H and O–H groups in total. The number of carbonyl (C=O) groups excluding carboxylic acids is 1. The van der Waals surface area contributed by atoms with E-state index in [4.69, 9.17) is 0 Å². The lowest BCUT2D eigenvalue weighted by atomic mass is 10.1. The largest absolute Gasteiger partial charge is 0.506 e. The highest BCUT2D eigenvalue weighted by atomic mass is 32.2. The molecule has 0 saturated carbocycles. The number of aromatic amines is 1. The average Bonchev–Trinajstić information content (AvgIpc) is 3.18. The summed E-state index contributed by atoms with van der Waals surface area (Å²) < 4.78 is 24.6. The Hall–Kier alpha value is -3.72. The lowest BCUT2D eigenvalue weighted by Gasteiger charge is -2.09. The van der Waals surface area contributed by atoms with E-state index in [-0.39, 0.29) is 21.9 Å². The van der Waals surface area contributed by atoms with E-state index in [1.807, 2.05) is 0 Å². The molecule has 0 unspecified atom stereocenters. The van der Waals surface area contributed by atoms with E-state index in [0.29, 0.717) is 22.4 Å². The number of rotatable bonds is 5. The first kappa shape index (κ1) is 20.5. The van der Waals surface area contributed by atoms with Gasteiger partial charge in [0.15, 0.2) is 15.5 Å². The maximum absolute atomic E-state index is 12.7. The van der Waals surface area contributed by atoms with Gasteiger partial charge in [-0.3, -0.25) is 4.79 Å². The number of benzene rings is 2. The van der Waals surface area contributed by atoms with Gasteiger partial charge in [-0.1, -0.05) is 24.3 Å². The number of fused-ring (bicyclic) bond motifs is 1. The molecule has 2 heterocycles. The predicted octanol–water partition coefficient (Wildman–Crippen LogP) is 3.76. The van der Waals surface area contributed by atoms with Crippen molar-refractivity contribution in [2.45, 2.75) is 24.0 Å². The van der Waals surface area contributed by atoms with E-state index in [0.717, 1.165) is 0 Å². The fourth-order valence-electron chi connectivity index (χ4n) is 3.06. The first-order chi connectivity index (χ1) is 14.8. The van der Waals surface area contributed by atoms with Crippen LogP contribution in [-0.4, -0.2) is 39.6 Å². The smallest absolute Gasteiger partial charge is 0.259 e. The van der Waals surface area contributed by atoms with Crippen molar-refractivity contribution in [1.29, 1.82) is 0 Å². The van der Waals surface area contributed by atoms with Crippen LogP contribution in [0.25, 0.3) is 22.4 Å². The number of anilines is 1. The van der Waals surface area contributed by atoms with Gasteiger partial charge < -0.3 is 15.4 Å². The van der Waals surface area contributed by atoms with Crippen LogP contribution in [0.2, 0.25) is 0 Å². The lowest BCUT2D eigenvalue weighted by molar-refractivity contribution is 0.102. The Kier molecular flexibility index (Phi) is 5.20. The van der Waals surface area contributed by atoms with Crippen LogP contribution in [0, 0.1) is 0 Å². The maximum Gasteiger partial charge on any atom is 0.259 e. The molecule has 8 nitrogen and oxygen atoms in total. The number of aromatic hydroxyl groups is 1. The summed E-state index contributed by atoms with van der Waals surface area (Å²) in [5.74, 6) is -0.489. The third kappa shape index (κ3) is 3.87. The molecule has 2 aromatic heterocycles. The summed E-state index contributed by atoms with van der Waals surface area (Å²) in [6, 6.07) is 12.8. The fraction of sp³-hybridized carbons (Fsp3) is 0.136. The highest BCUT2D eigenvalue weighted by molar-refractivity contribution is 7.92. The van der Waals surface area contributed by atoms with Crippen molar-refractivity contribution in [2.75, 3.05) is 5.32 Å². The molecule has 0 radical (unpaired) electrons. The second kappa shape index (κ2) is 7.84. The Labute approximate surface area is 178 Å². The Morgan fingerprint density at radius 1 is 1.10 bits per heavy atom. The Morgan fingerprint density at radius 2 is 1.81 bits per heavy atom. The Morgan fingerprint density at radius 3 is 2.48 bits per heavy atom. The quantitative estimate of drug-likeness (QED) is 0.409. The number of hydrogen-bond acceptors (Lipinski definition) is 6. The number of amides is 1. The Bertz CT molecular complexity index is 1380. The number of H-pyrrole nitrogens is 1. The number of carbonyl (C=O) groups is 1. The number of nitrogens with one attached hydrogen (secondary N) is 2. The average molecular weight is 436 g/mol. The van der Waals surface area contributed by atoms with Gasteiger partial charge in [0, 0.05) is 11.8 Å². The SMILES string of the molecule is CC(C)S(=O)(=O)c1ccc(-c2cnc3[nH]cc(C(=O)Nc4ccccc4O)c3n2)cc1. The molecule has 0 fully saturated rings. The lowest BCUT2D eigenvalue weighted by Crippen LogP contribution is -2.13. The normalized spacial score (nSPS) is 11.7. The standard InChI is InChI=1S/C22H20N4O4S/c1-13(2)31(29,30)15-9-7-14(8-10-15)18-12-24-21-20(25-18)16(11-23-21)22(28)26-17-5-3-4-6-19(17)27/h3-13,27H,1-2H3,(H,23,24)(H,26,28). The van der Waals surface area contributed by atoms with Crippen LogP contribution in [0.1, 0.15) is 24.2 Å². The first-order valence-corrected chi connectivity index (χ1v) is 11.1. The molecule has 158 valence electrons. The molecule has 0 atom stereocenters. The maximum atomic E-state index is 12.7. The zero-order valence-electron chi connectivity index (χ0n) is 16.8. The minimum absolute atomic E-state index is 0.0427. The molecule has 0 spiro atoms. The van der Waals surface area contributed by atoms with E-state index in [1.54, 1.807) is 62.5 Å². The van der Waals surface area contributed by atoms with Crippen LogP contribution >= 0.6 is 0 Å². The molecule has 2 aromatic carbocycles.